The molecule has 4 saturated carbocycles. The van der Waals surface area contributed by atoms with Crippen molar-refractivity contribution in [3.05, 3.63) is 24.2 Å². The number of nitrogens with zero attached hydrogens (tertiary/aromatic N) is 2. The van der Waals surface area contributed by atoms with Gasteiger partial charge in [0.2, 0.25) is 0 Å². The molecule has 6 heteroatoms. The quantitative estimate of drug-likeness (QED) is 0.224. The maximum absolute atomic E-state index is 7.17. The molecular formula is C37H60N2O3S. The summed E-state index contributed by atoms with van der Waals surface area (Å²) >= 11 is 2.23. The molecule has 0 amide bonds. The van der Waals surface area contributed by atoms with Gasteiger partial charge in [0.05, 0.1) is 32.3 Å². The van der Waals surface area contributed by atoms with Gasteiger partial charge in [0, 0.05) is 35.1 Å². The SMILES string of the molecule is C[C@]12CC[C@H](SCCOCCN3CCCC3)C[C@H]1CC[C@@H]1[C@@H]2CC[C@@]2(C)[C@H]1CC[C@@]2(OCCN1CCCC1)c1ccoc1. The van der Waals surface area contributed by atoms with E-state index in [0.717, 1.165) is 68.3 Å². The van der Waals surface area contributed by atoms with E-state index in [-0.39, 0.29) is 11.0 Å². The highest BCUT2D eigenvalue weighted by atomic mass is 32.2. The molecule has 0 spiro atoms. The number of ether oxygens (including phenoxy) is 2. The van der Waals surface area contributed by atoms with E-state index in [1.54, 1.807) is 0 Å². The Bertz CT molecular complexity index is 1030. The monoisotopic (exact) mass is 612 g/mol. The molecule has 3 heterocycles. The molecule has 1 aromatic heterocycles. The lowest BCUT2D eigenvalue weighted by molar-refractivity contribution is -0.179. The fourth-order valence-electron chi connectivity index (χ4n) is 11.6. The molecule has 0 aromatic carbocycles. The Morgan fingerprint density at radius 3 is 2.33 bits per heavy atom. The zero-order chi connectivity index (χ0) is 29.3. The van der Waals surface area contributed by atoms with Crippen LogP contribution in [-0.2, 0) is 15.1 Å². The van der Waals surface area contributed by atoms with Crippen LogP contribution in [0.2, 0.25) is 0 Å². The van der Waals surface area contributed by atoms with E-state index < -0.39 is 0 Å². The Balaban J connectivity index is 0.955. The third-order valence-electron chi connectivity index (χ3n) is 14.0. The average molecular weight is 613 g/mol. The Morgan fingerprint density at radius 2 is 1.58 bits per heavy atom. The van der Waals surface area contributed by atoms with Crippen molar-refractivity contribution < 1.29 is 13.9 Å². The Kier molecular flexibility index (Phi) is 9.61. The summed E-state index contributed by atoms with van der Waals surface area (Å²) in [4.78, 5) is 5.17. The first-order valence-electron chi connectivity index (χ1n) is 18.3. The second-order valence-electron chi connectivity index (χ2n) is 15.8. The lowest BCUT2D eigenvalue weighted by atomic mass is 9.44. The number of furan rings is 1. The van der Waals surface area contributed by atoms with Crippen LogP contribution in [0.15, 0.2) is 23.0 Å². The van der Waals surface area contributed by atoms with E-state index in [1.165, 1.54) is 115 Å². The van der Waals surface area contributed by atoms with Gasteiger partial charge in [0.1, 0.15) is 5.60 Å². The molecule has 6 fully saturated rings. The van der Waals surface area contributed by atoms with Gasteiger partial charge in [0.25, 0.3) is 0 Å². The van der Waals surface area contributed by atoms with Crippen molar-refractivity contribution in [2.45, 2.75) is 108 Å². The van der Waals surface area contributed by atoms with E-state index >= 15 is 0 Å². The van der Waals surface area contributed by atoms with Crippen LogP contribution >= 0.6 is 11.8 Å². The Labute approximate surface area is 266 Å². The Hall–Kier alpha value is -0.530. The van der Waals surface area contributed by atoms with Gasteiger partial charge in [-0.15, -0.1) is 0 Å². The minimum atomic E-state index is -0.183. The van der Waals surface area contributed by atoms with E-state index in [0.29, 0.717) is 5.41 Å². The average Bonchev–Trinajstić information content (AvgIpc) is 3.83. The molecule has 43 heavy (non-hydrogen) atoms. The van der Waals surface area contributed by atoms with E-state index in [4.69, 9.17) is 13.9 Å². The molecule has 4 aliphatic carbocycles. The standard InChI is InChI=1S/C37H60N2O3S/c1-35-13-9-31(43-26-25-40-23-20-38-16-3-4-17-38)27-29(35)7-8-32-33(35)10-14-36(2)34(32)11-15-37(36,30-12-22-41-28-30)42-24-21-39-18-5-6-19-39/h12,22,28-29,31-34H,3-11,13-21,23-27H2,1-2H3/t29-,31+,32-,33+,34+,35+,36+,37-/m1/s1. The van der Waals surface area contributed by atoms with Crippen LogP contribution in [0.3, 0.4) is 0 Å². The first-order valence-corrected chi connectivity index (χ1v) is 19.4. The van der Waals surface area contributed by atoms with Crippen LogP contribution in [0.4, 0.5) is 0 Å². The van der Waals surface area contributed by atoms with Crippen molar-refractivity contribution in [3.8, 4) is 0 Å². The molecule has 0 unspecified atom stereocenters. The number of hydrogen-bond acceptors (Lipinski definition) is 6. The molecule has 8 atom stereocenters. The normalized spacial score (nSPS) is 41.8. The molecule has 0 bridgehead atoms. The largest absolute Gasteiger partial charge is 0.472 e. The molecule has 0 radical (unpaired) electrons. The van der Waals surface area contributed by atoms with Crippen molar-refractivity contribution in [1.29, 1.82) is 0 Å². The summed E-state index contributed by atoms with van der Waals surface area (Å²) < 4.78 is 18.9. The fourth-order valence-corrected chi connectivity index (χ4v) is 12.8. The van der Waals surface area contributed by atoms with Gasteiger partial charge in [-0.1, -0.05) is 13.8 Å². The lowest BCUT2D eigenvalue weighted by Gasteiger charge is -2.62. The number of fused-ring (bicyclic) bond motifs is 5. The third kappa shape index (κ3) is 5.92. The van der Waals surface area contributed by atoms with Gasteiger partial charge in [-0.05, 0) is 145 Å². The predicted molar refractivity (Wildman–Crippen MR) is 176 cm³/mol. The molecule has 1 aromatic rings. The van der Waals surface area contributed by atoms with Gasteiger partial charge in [-0.3, -0.25) is 0 Å². The molecule has 6 aliphatic rings. The van der Waals surface area contributed by atoms with Gasteiger partial charge in [-0.2, -0.15) is 11.8 Å². The summed E-state index contributed by atoms with van der Waals surface area (Å²) in [6.45, 7) is 15.3. The smallest absolute Gasteiger partial charge is 0.102 e. The molecule has 5 nitrogen and oxygen atoms in total. The molecule has 2 aliphatic heterocycles. The topological polar surface area (TPSA) is 38.1 Å². The summed E-state index contributed by atoms with van der Waals surface area (Å²) in [5.41, 5.74) is 1.87. The minimum Gasteiger partial charge on any atom is -0.472 e. The zero-order valence-corrected chi connectivity index (χ0v) is 28.2. The van der Waals surface area contributed by atoms with Crippen LogP contribution in [0.1, 0.15) is 103 Å². The number of likely N-dealkylation sites (tertiary alicyclic amines) is 2. The second kappa shape index (κ2) is 13.3. The van der Waals surface area contributed by atoms with E-state index in [2.05, 4.69) is 41.5 Å². The highest BCUT2D eigenvalue weighted by Gasteiger charge is 2.66. The van der Waals surface area contributed by atoms with Crippen molar-refractivity contribution >= 4 is 11.8 Å². The van der Waals surface area contributed by atoms with Crippen LogP contribution in [0.25, 0.3) is 0 Å². The summed E-state index contributed by atoms with van der Waals surface area (Å²) in [6.07, 6.45) is 21.7. The van der Waals surface area contributed by atoms with Gasteiger partial charge in [-0.25, -0.2) is 0 Å². The molecule has 2 saturated heterocycles. The second-order valence-corrected chi connectivity index (χ2v) is 17.2. The molecular weight excluding hydrogens is 552 g/mol. The molecule has 0 N–H and O–H groups in total. The van der Waals surface area contributed by atoms with Crippen LogP contribution in [-0.4, -0.2) is 79.9 Å². The minimum absolute atomic E-state index is 0.183. The van der Waals surface area contributed by atoms with Crippen LogP contribution in [0, 0.1) is 34.5 Å². The number of thioether (sulfide) groups is 1. The first kappa shape index (κ1) is 31.1. The predicted octanol–water partition coefficient (Wildman–Crippen LogP) is 7.84. The van der Waals surface area contributed by atoms with Crippen molar-refractivity contribution in [3.63, 3.8) is 0 Å². The van der Waals surface area contributed by atoms with Crippen molar-refractivity contribution in [2.75, 3.05) is 64.8 Å². The maximum atomic E-state index is 7.17. The highest BCUT2D eigenvalue weighted by molar-refractivity contribution is 7.99. The summed E-state index contributed by atoms with van der Waals surface area (Å²) in [7, 11) is 0. The first-order chi connectivity index (χ1) is 21.0. The van der Waals surface area contributed by atoms with E-state index in [1.807, 2.05) is 12.5 Å². The molecule has 7 rings (SSSR count). The summed E-state index contributed by atoms with van der Waals surface area (Å²) in [5, 5.41) is 0.842. The van der Waals surface area contributed by atoms with Gasteiger partial charge < -0.3 is 23.7 Å². The highest BCUT2D eigenvalue weighted by Crippen LogP contribution is 2.71. The summed E-state index contributed by atoms with van der Waals surface area (Å²) in [5.74, 6) is 4.62. The van der Waals surface area contributed by atoms with Crippen molar-refractivity contribution in [2.24, 2.45) is 34.5 Å². The Morgan fingerprint density at radius 1 is 0.837 bits per heavy atom. The maximum Gasteiger partial charge on any atom is 0.102 e. The van der Waals surface area contributed by atoms with E-state index in [9.17, 15) is 0 Å². The fraction of sp³-hybridized carbons (Fsp3) is 0.892. The summed E-state index contributed by atoms with van der Waals surface area (Å²) in [6, 6.07) is 2.23. The number of hydrogen-bond donors (Lipinski definition) is 0. The third-order valence-corrected chi connectivity index (χ3v) is 15.3. The molecule has 242 valence electrons. The lowest BCUT2D eigenvalue weighted by Crippen LogP contribution is -2.56. The van der Waals surface area contributed by atoms with Crippen molar-refractivity contribution in [1.82, 2.24) is 9.80 Å². The number of rotatable bonds is 12. The van der Waals surface area contributed by atoms with Gasteiger partial charge >= 0.3 is 0 Å². The van der Waals surface area contributed by atoms with Crippen LogP contribution in [0.5, 0.6) is 0 Å². The van der Waals surface area contributed by atoms with Crippen LogP contribution < -0.4 is 0 Å². The van der Waals surface area contributed by atoms with Gasteiger partial charge in [0.15, 0.2) is 0 Å². The zero-order valence-electron chi connectivity index (χ0n) is 27.4.